The summed E-state index contributed by atoms with van der Waals surface area (Å²) in [7, 11) is 2.23. The fourth-order valence-corrected chi connectivity index (χ4v) is 5.19. The monoisotopic (exact) mass is 333 g/mol. The van der Waals surface area contributed by atoms with Crippen molar-refractivity contribution in [2.75, 3.05) is 7.05 Å². The van der Waals surface area contributed by atoms with Gasteiger partial charge in [0.05, 0.1) is 0 Å². The van der Waals surface area contributed by atoms with Crippen molar-refractivity contribution in [2.45, 2.75) is 45.2 Å². The molecule has 4 rings (SSSR count). The zero-order valence-corrected chi connectivity index (χ0v) is 15.4. The second kappa shape index (κ2) is 6.42. The van der Waals surface area contributed by atoms with Gasteiger partial charge in [0.15, 0.2) is 0 Å². The number of aryl methyl sites for hydroxylation is 2. The first-order valence-electron chi connectivity index (χ1n) is 9.46. The Kier molecular flexibility index (Phi) is 4.24. The predicted octanol–water partition coefficient (Wildman–Crippen LogP) is 5.02. The topological polar surface area (TPSA) is 20.3 Å². The Morgan fingerprint density at radius 2 is 1.24 bits per heavy atom. The molecule has 1 saturated carbocycles. The fraction of sp³-hybridized carbons (Fsp3) is 0.435. The molecule has 0 radical (unpaired) electrons. The lowest BCUT2D eigenvalue weighted by molar-refractivity contribution is -0.143. The van der Waals surface area contributed by atoms with E-state index in [4.69, 9.17) is 0 Å². The molecular weight excluding hydrogens is 306 g/mol. The third kappa shape index (κ3) is 2.64. The molecule has 0 amide bonds. The number of carbonyl (C=O) groups excluding carboxylic acids is 1. The summed E-state index contributed by atoms with van der Waals surface area (Å²) in [5.41, 5.74) is 5.23. The number of nitrogens with zero attached hydrogens (tertiary/aromatic N) is 1. The molecule has 4 atom stereocenters. The van der Waals surface area contributed by atoms with E-state index in [0.29, 0.717) is 5.78 Å². The third-order valence-electron chi connectivity index (χ3n) is 6.42. The molecule has 2 nitrogen and oxygen atoms in total. The number of piperidine rings is 1. The van der Waals surface area contributed by atoms with E-state index in [9.17, 15) is 4.79 Å². The van der Waals surface area contributed by atoms with Crippen molar-refractivity contribution in [3.63, 3.8) is 0 Å². The Bertz CT molecular complexity index is 733. The van der Waals surface area contributed by atoms with Gasteiger partial charge in [0, 0.05) is 23.9 Å². The Balaban J connectivity index is 1.84. The molecule has 25 heavy (non-hydrogen) atoms. The van der Waals surface area contributed by atoms with E-state index >= 15 is 0 Å². The van der Waals surface area contributed by atoms with Crippen molar-refractivity contribution >= 4 is 5.78 Å². The number of fused-ring (bicyclic) bond motifs is 2. The number of hydrogen-bond acceptors (Lipinski definition) is 2. The van der Waals surface area contributed by atoms with Crippen LogP contribution < -0.4 is 0 Å². The molecule has 2 heteroatoms. The lowest BCUT2D eigenvalue weighted by Gasteiger charge is -2.51. The molecule has 130 valence electrons. The summed E-state index contributed by atoms with van der Waals surface area (Å²) in [5, 5.41) is 0. The molecule has 1 saturated heterocycles. The molecule has 4 unspecified atom stereocenters. The van der Waals surface area contributed by atoms with Crippen LogP contribution in [0.4, 0.5) is 0 Å². The van der Waals surface area contributed by atoms with E-state index in [1.54, 1.807) is 0 Å². The second-order valence-electron chi connectivity index (χ2n) is 7.81. The molecule has 0 aromatic heterocycles. The SMILES string of the molecule is Cc1ccccc1C1C2CCCC(C2=O)C(c2ccccc2C)N1C. The molecule has 2 aromatic carbocycles. The van der Waals surface area contributed by atoms with Crippen LogP contribution in [0.3, 0.4) is 0 Å². The number of rotatable bonds is 2. The van der Waals surface area contributed by atoms with Gasteiger partial charge in [-0.15, -0.1) is 0 Å². The summed E-state index contributed by atoms with van der Waals surface area (Å²) in [6.45, 7) is 4.34. The van der Waals surface area contributed by atoms with E-state index in [1.165, 1.54) is 28.7 Å². The molecular formula is C23H27NO. The van der Waals surface area contributed by atoms with Gasteiger partial charge >= 0.3 is 0 Å². The molecule has 0 spiro atoms. The van der Waals surface area contributed by atoms with Gasteiger partial charge in [-0.2, -0.15) is 0 Å². The lowest BCUT2D eigenvalue weighted by atomic mass is 9.65. The first kappa shape index (κ1) is 16.5. The highest BCUT2D eigenvalue weighted by Crippen LogP contribution is 2.51. The molecule has 2 fully saturated rings. The Labute approximate surface area is 150 Å². The smallest absolute Gasteiger partial charge is 0.142 e. The van der Waals surface area contributed by atoms with Crippen LogP contribution in [0.15, 0.2) is 48.5 Å². The number of Topliss-reactive ketones (excluding diaryl/α,β-unsaturated/α-hetero) is 1. The molecule has 2 bridgehead atoms. The first-order chi connectivity index (χ1) is 12.1. The minimum absolute atomic E-state index is 0.144. The van der Waals surface area contributed by atoms with Gasteiger partial charge < -0.3 is 0 Å². The van der Waals surface area contributed by atoms with Crippen molar-refractivity contribution in [3.8, 4) is 0 Å². The molecule has 1 aliphatic carbocycles. The third-order valence-corrected chi connectivity index (χ3v) is 6.42. The highest BCUT2D eigenvalue weighted by atomic mass is 16.1. The maximum Gasteiger partial charge on any atom is 0.142 e. The van der Waals surface area contributed by atoms with Gasteiger partial charge in [-0.25, -0.2) is 0 Å². The average molecular weight is 333 g/mol. The van der Waals surface area contributed by atoms with E-state index < -0.39 is 0 Å². The zero-order chi connectivity index (χ0) is 17.6. The standard InChI is InChI=1S/C23H27NO/c1-15-9-4-6-11-17(15)21-19-13-8-14-20(23(19)25)22(24(21)3)18-12-7-5-10-16(18)2/h4-7,9-12,19-22H,8,13-14H2,1-3H3. The van der Waals surface area contributed by atoms with Gasteiger partial charge in [0.1, 0.15) is 5.78 Å². The van der Waals surface area contributed by atoms with Crippen LogP contribution >= 0.6 is 0 Å². The molecule has 1 heterocycles. The van der Waals surface area contributed by atoms with Gasteiger partial charge in [-0.1, -0.05) is 55.0 Å². The minimum Gasteiger partial charge on any atom is -0.299 e. The van der Waals surface area contributed by atoms with Crippen molar-refractivity contribution in [1.82, 2.24) is 4.90 Å². The number of ketones is 1. The van der Waals surface area contributed by atoms with Crippen LogP contribution in [0.25, 0.3) is 0 Å². The number of hydrogen-bond donors (Lipinski definition) is 0. The van der Waals surface area contributed by atoms with Crippen LogP contribution in [0.1, 0.15) is 53.6 Å². The Hall–Kier alpha value is -1.93. The van der Waals surface area contributed by atoms with Crippen molar-refractivity contribution in [2.24, 2.45) is 11.8 Å². The van der Waals surface area contributed by atoms with Crippen molar-refractivity contribution in [3.05, 3.63) is 70.8 Å². The number of carbonyl (C=O) groups is 1. The van der Waals surface area contributed by atoms with E-state index in [1.807, 2.05) is 0 Å². The highest BCUT2D eigenvalue weighted by molar-refractivity contribution is 5.87. The number of likely N-dealkylation sites (tertiary alicyclic amines) is 1. The predicted molar refractivity (Wildman–Crippen MR) is 101 cm³/mol. The normalized spacial score (nSPS) is 29.6. The van der Waals surface area contributed by atoms with Crippen LogP contribution in [-0.2, 0) is 4.79 Å². The van der Waals surface area contributed by atoms with Gasteiger partial charge in [0.25, 0.3) is 0 Å². The Morgan fingerprint density at radius 1 is 0.800 bits per heavy atom. The maximum atomic E-state index is 13.3. The summed E-state index contributed by atoms with van der Waals surface area (Å²) < 4.78 is 0. The average Bonchev–Trinajstić information content (AvgIpc) is 2.60. The number of benzene rings is 2. The summed E-state index contributed by atoms with van der Waals surface area (Å²) in [5.74, 6) is 0.779. The van der Waals surface area contributed by atoms with E-state index in [0.717, 1.165) is 12.8 Å². The Morgan fingerprint density at radius 3 is 1.68 bits per heavy atom. The van der Waals surface area contributed by atoms with Gasteiger partial charge in [-0.05, 0) is 56.0 Å². The van der Waals surface area contributed by atoms with Gasteiger partial charge in [-0.3, -0.25) is 9.69 Å². The van der Waals surface area contributed by atoms with Gasteiger partial charge in [0.2, 0.25) is 0 Å². The van der Waals surface area contributed by atoms with E-state index in [2.05, 4.69) is 74.3 Å². The molecule has 0 N–H and O–H groups in total. The zero-order valence-electron chi connectivity index (χ0n) is 15.4. The molecule has 2 aliphatic rings. The fourth-order valence-electron chi connectivity index (χ4n) is 5.19. The van der Waals surface area contributed by atoms with Crippen LogP contribution in [0.2, 0.25) is 0 Å². The first-order valence-corrected chi connectivity index (χ1v) is 9.46. The maximum absolute atomic E-state index is 13.3. The summed E-state index contributed by atoms with van der Waals surface area (Å²) in [6, 6.07) is 17.6. The summed E-state index contributed by atoms with van der Waals surface area (Å²) in [6.07, 6.45) is 3.22. The molecule has 1 aliphatic heterocycles. The van der Waals surface area contributed by atoms with Crippen LogP contribution in [0.5, 0.6) is 0 Å². The largest absolute Gasteiger partial charge is 0.299 e. The molecule has 2 aromatic rings. The summed E-state index contributed by atoms with van der Waals surface area (Å²) in [4.78, 5) is 15.8. The lowest BCUT2D eigenvalue weighted by Crippen LogP contribution is -2.51. The quantitative estimate of drug-likeness (QED) is 0.769. The van der Waals surface area contributed by atoms with Crippen LogP contribution in [0, 0.1) is 25.7 Å². The van der Waals surface area contributed by atoms with Crippen LogP contribution in [-0.4, -0.2) is 17.7 Å². The second-order valence-corrected chi connectivity index (χ2v) is 7.81. The minimum atomic E-state index is 0.144. The highest BCUT2D eigenvalue weighted by Gasteiger charge is 2.50. The van der Waals surface area contributed by atoms with Crippen molar-refractivity contribution < 1.29 is 4.79 Å². The summed E-state index contributed by atoms with van der Waals surface area (Å²) >= 11 is 0. The van der Waals surface area contributed by atoms with E-state index in [-0.39, 0.29) is 23.9 Å². The van der Waals surface area contributed by atoms with Crippen molar-refractivity contribution in [1.29, 1.82) is 0 Å².